The van der Waals surface area contributed by atoms with Crippen molar-refractivity contribution in [1.82, 2.24) is 0 Å². The fourth-order valence-corrected chi connectivity index (χ4v) is 2.43. The van der Waals surface area contributed by atoms with E-state index in [1.54, 1.807) is 11.8 Å². The molecule has 5 heteroatoms. The van der Waals surface area contributed by atoms with Crippen molar-refractivity contribution in [2.45, 2.75) is 31.4 Å². The molecule has 0 aromatic carbocycles. The summed E-state index contributed by atoms with van der Waals surface area (Å²) >= 11 is 1.55. The molecule has 4 nitrogen and oxygen atoms in total. The SMILES string of the molecule is CC(N)(CSCC1CCCO1)C(=O)O. The summed E-state index contributed by atoms with van der Waals surface area (Å²) in [4.78, 5) is 10.7. The average Bonchev–Trinajstić information content (AvgIpc) is 2.56. The van der Waals surface area contributed by atoms with Gasteiger partial charge in [0.15, 0.2) is 0 Å². The Morgan fingerprint density at radius 3 is 3.00 bits per heavy atom. The van der Waals surface area contributed by atoms with E-state index >= 15 is 0 Å². The number of carbonyl (C=O) groups is 1. The van der Waals surface area contributed by atoms with E-state index in [-0.39, 0.29) is 0 Å². The van der Waals surface area contributed by atoms with Crippen LogP contribution in [0, 0.1) is 0 Å². The predicted octanol–water partition coefficient (Wildman–Crippen LogP) is 0.701. The lowest BCUT2D eigenvalue weighted by atomic mass is 10.1. The number of hydrogen-bond donors (Lipinski definition) is 2. The molecular weight excluding hydrogens is 202 g/mol. The molecule has 1 heterocycles. The Hall–Kier alpha value is -0.260. The Balaban J connectivity index is 2.16. The van der Waals surface area contributed by atoms with Crippen LogP contribution in [0.25, 0.3) is 0 Å². The van der Waals surface area contributed by atoms with Crippen molar-refractivity contribution < 1.29 is 14.6 Å². The Bertz CT molecular complexity index is 202. The zero-order valence-electron chi connectivity index (χ0n) is 8.36. The van der Waals surface area contributed by atoms with E-state index in [0.29, 0.717) is 11.9 Å². The van der Waals surface area contributed by atoms with Crippen LogP contribution < -0.4 is 5.73 Å². The molecule has 0 saturated carbocycles. The average molecular weight is 219 g/mol. The maximum atomic E-state index is 10.7. The quantitative estimate of drug-likeness (QED) is 0.712. The molecule has 0 amide bonds. The van der Waals surface area contributed by atoms with Crippen LogP contribution in [-0.4, -0.2) is 40.8 Å². The first kappa shape index (κ1) is 11.8. The van der Waals surface area contributed by atoms with Gasteiger partial charge in [0, 0.05) is 18.1 Å². The van der Waals surface area contributed by atoms with Crippen LogP contribution in [0.1, 0.15) is 19.8 Å². The van der Waals surface area contributed by atoms with Gasteiger partial charge in [-0.2, -0.15) is 11.8 Å². The second-order valence-electron chi connectivity index (χ2n) is 3.87. The molecule has 0 aromatic heterocycles. The van der Waals surface area contributed by atoms with Gasteiger partial charge in [-0.05, 0) is 19.8 Å². The summed E-state index contributed by atoms with van der Waals surface area (Å²) in [6.07, 6.45) is 2.50. The van der Waals surface area contributed by atoms with E-state index in [4.69, 9.17) is 15.6 Å². The summed E-state index contributed by atoms with van der Waals surface area (Å²) in [6.45, 7) is 2.38. The molecule has 0 bridgehead atoms. The maximum Gasteiger partial charge on any atom is 0.324 e. The van der Waals surface area contributed by atoms with Crippen LogP contribution in [0.3, 0.4) is 0 Å². The summed E-state index contributed by atoms with van der Waals surface area (Å²) in [5, 5.41) is 8.76. The molecule has 0 spiro atoms. The van der Waals surface area contributed by atoms with Gasteiger partial charge in [-0.25, -0.2) is 0 Å². The minimum atomic E-state index is -1.12. The van der Waals surface area contributed by atoms with Gasteiger partial charge in [-0.3, -0.25) is 4.79 Å². The van der Waals surface area contributed by atoms with Crippen LogP contribution in [0.15, 0.2) is 0 Å². The predicted molar refractivity (Wildman–Crippen MR) is 56.5 cm³/mol. The first-order chi connectivity index (χ1) is 6.52. The Kier molecular flexibility index (Phi) is 4.22. The van der Waals surface area contributed by atoms with Crippen LogP contribution >= 0.6 is 11.8 Å². The van der Waals surface area contributed by atoms with Gasteiger partial charge >= 0.3 is 5.97 Å². The van der Waals surface area contributed by atoms with Crippen LogP contribution in [0.4, 0.5) is 0 Å². The molecule has 3 N–H and O–H groups in total. The third kappa shape index (κ3) is 3.48. The number of carboxylic acid groups (broad SMARTS) is 1. The number of hydrogen-bond acceptors (Lipinski definition) is 4. The van der Waals surface area contributed by atoms with Gasteiger partial charge in [-0.15, -0.1) is 0 Å². The Labute approximate surface area is 88.2 Å². The highest BCUT2D eigenvalue weighted by Crippen LogP contribution is 2.19. The van der Waals surface area contributed by atoms with Crippen molar-refractivity contribution in [3.8, 4) is 0 Å². The summed E-state index contributed by atoms with van der Waals surface area (Å²) in [5.41, 5.74) is 4.46. The van der Waals surface area contributed by atoms with Crippen molar-refractivity contribution in [3.63, 3.8) is 0 Å². The zero-order chi connectivity index (χ0) is 10.6. The van der Waals surface area contributed by atoms with E-state index < -0.39 is 11.5 Å². The van der Waals surface area contributed by atoms with Gasteiger partial charge in [0.1, 0.15) is 5.54 Å². The van der Waals surface area contributed by atoms with Crippen molar-refractivity contribution in [2.75, 3.05) is 18.1 Å². The lowest BCUT2D eigenvalue weighted by Crippen LogP contribution is -2.47. The highest BCUT2D eigenvalue weighted by atomic mass is 32.2. The van der Waals surface area contributed by atoms with Crippen LogP contribution in [-0.2, 0) is 9.53 Å². The third-order valence-corrected chi connectivity index (χ3v) is 3.63. The molecule has 0 radical (unpaired) electrons. The molecule has 82 valence electrons. The van der Waals surface area contributed by atoms with Crippen LogP contribution in [0.5, 0.6) is 0 Å². The smallest absolute Gasteiger partial charge is 0.324 e. The molecule has 0 aliphatic carbocycles. The third-order valence-electron chi connectivity index (χ3n) is 2.22. The summed E-state index contributed by atoms with van der Waals surface area (Å²) in [5.74, 6) is 0.333. The molecule has 2 atom stereocenters. The number of ether oxygens (including phenoxy) is 1. The Morgan fingerprint density at radius 2 is 2.50 bits per heavy atom. The molecule has 1 fully saturated rings. The van der Waals surface area contributed by atoms with Gasteiger partial charge in [0.05, 0.1) is 6.10 Å². The summed E-state index contributed by atoms with van der Waals surface area (Å²) in [7, 11) is 0. The van der Waals surface area contributed by atoms with Gasteiger partial charge < -0.3 is 15.6 Å². The number of rotatable bonds is 5. The summed E-state index contributed by atoms with van der Waals surface area (Å²) < 4.78 is 5.42. The number of carboxylic acids is 1. The second-order valence-corrected chi connectivity index (χ2v) is 4.90. The molecule has 14 heavy (non-hydrogen) atoms. The Morgan fingerprint density at radius 1 is 1.79 bits per heavy atom. The van der Waals surface area contributed by atoms with E-state index in [1.165, 1.54) is 6.92 Å². The van der Waals surface area contributed by atoms with E-state index in [2.05, 4.69) is 0 Å². The van der Waals surface area contributed by atoms with Crippen molar-refractivity contribution in [1.29, 1.82) is 0 Å². The molecule has 1 aliphatic rings. The van der Waals surface area contributed by atoms with Gasteiger partial charge in [0.25, 0.3) is 0 Å². The normalized spacial score (nSPS) is 26.0. The molecule has 1 rings (SSSR count). The van der Waals surface area contributed by atoms with Crippen LogP contribution in [0.2, 0.25) is 0 Å². The maximum absolute atomic E-state index is 10.7. The van der Waals surface area contributed by atoms with Crippen molar-refractivity contribution in [3.05, 3.63) is 0 Å². The van der Waals surface area contributed by atoms with Gasteiger partial charge in [0.2, 0.25) is 0 Å². The van der Waals surface area contributed by atoms with Crippen molar-refractivity contribution >= 4 is 17.7 Å². The number of nitrogens with two attached hydrogens (primary N) is 1. The minimum Gasteiger partial charge on any atom is -0.480 e. The standard InChI is InChI=1S/C9H17NO3S/c1-9(10,8(11)12)6-14-5-7-3-2-4-13-7/h7H,2-6,10H2,1H3,(H,11,12). The fraction of sp³-hybridized carbons (Fsp3) is 0.889. The highest BCUT2D eigenvalue weighted by Gasteiger charge is 2.28. The van der Waals surface area contributed by atoms with E-state index in [0.717, 1.165) is 25.2 Å². The largest absolute Gasteiger partial charge is 0.480 e. The minimum absolute atomic E-state index is 0.296. The molecule has 1 saturated heterocycles. The number of thioether (sulfide) groups is 1. The lowest BCUT2D eigenvalue weighted by Gasteiger charge is -2.19. The topological polar surface area (TPSA) is 72.5 Å². The zero-order valence-corrected chi connectivity index (χ0v) is 9.18. The number of aliphatic carboxylic acids is 1. The molecular formula is C9H17NO3S. The lowest BCUT2D eigenvalue weighted by molar-refractivity contribution is -0.141. The van der Waals surface area contributed by atoms with Crippen molar-refractivity contribution in [2.24, 2.45) is 5.73 Å². The summed E-state index contributed by atoms with van der Waals surface area (Å²) in [6, 6.07) is 0. The highest BCUT2D eigenvalue weighted by molar-refractivity contribution is 7.99. The fourth-order valence-electron chi connectivity index (χ4n) is 1.24. The first-order valence-corrected chi connectivity index (χ1v) is 5.89. The van der Waals surface area contributed by atoms with Gasteiger partial charge in [-0.1, -0.05) is 0 Å². The molecule has 1 aliphatic heterocycles. The monoisotopic (exact) mass is 219 g/mol. The van der Waals surface area contributed by atoms with E-state index in [1.807, 2.05) is 0 Å². The van der Waals surface area contributed by atoms with E-state index in [9.17, 15) is 4.79 Å². The molecule has 0 aromatic rings. The second kappa shape index (κ2) is 5.00. The first-order valence-electron chi connectivity index (χ1n) is 4.74. The molecule has 2 unspecified atom stereocenters.